The van der Waals surface area contributed by atoms with Crippen molar-refractivity contribution in [2.45, 2.75) is 12.0 Å². The van der Waals surface area contributed by atoms with E-state index >= 15 is 0 Å². The van der Waals surface area contributed by atoms with E-state index in [9.17, 15) is 11.7 Å². The molecule has 1 atom stereocenters. The summed E-state index contributed by atoms with van der Waals surface area (Å²) >= 11 is -5.28. The van der Waals surface area contributed by atoms with Crippen molar-refractivity contribution in [1.29, 1.82) is 0 Å². The number of rotatable bonds is 6. The summed E-state index contributed by atoms with van der Waals surface area (Å²) in [5.74, 6) is 0. The second kappa shape index (κ2) is 5.04. The summed E-state index contributed by atoms with van der Waals surface area (Å²) in [6.45, 7) is 1.29. The molecule has 0 fully saturated rings. The molecule has 13 heavy (non-hydrogen) atoms. The summed E-state index contributed by atoms with van der Waals surface area (Å²) in [6.07, 6.45) is 0. The second-order valence-electron chi connectivity index (χ2n) is 2.48. The van der Waals surface area contributed by atoms with E-state index < -0.39 is 16.2 Å². The van der Waals surface area contributed by atoms with Crippen molar-refractivity contribution >= 4 is 11.2 Å². The normalized spacial score (nSPS) is 18.3. The molecule has 0 aliphatic carbocycles. The molecular weight excluding hydrogens is 207 g/mol. The van der Waals surface area contributed by atoms with E-state index in [1.54, 1.807) is 0 Å². The van der Waals surface area contributed by atoms with Gasteiger partial charge in [-0.1, -0.05) is 0 Å². The Bertz CT molecular complexity index is 155. The number of halogens is 3. The van der Waals surface area contributed by atoms with Crippen LogP contribution in [0.1, 0.15) is 6.92 Å². The van der Waals surface area contributed by atoms with Crippen molar-refractivity contribution in [2.75, 3.05) is 27.4 Å². The fourth-order valence-corrected chi connectivity index (χ4v) is 1.08. The summed E-state index contributed by atoms with van der Waals surface area (Å²) in [6, 6.07) is 0. The highest BCUT2D eigenvalue weighted by atomic mass is 32.3. The Morgan fingerprint density at radius 1 is 1.31 bits per heavy atom. The lowest BCUT2D eigenvalue weighted by atomic mass is 10.6. The van der Waals surface area contributed by atoms with Gasteiger partial charge >= 0.3 is 0 Å². The van der Waals surface area contributed by atoms with Gasteiger partial charge in [-0.15, -0.1) is 11.7 Å². The highest BCUT2D eigenvalue weighted by Crippen LogP contribution is 2.62. The zero-order chi connectivity index (χ0) is 10.5. The standard InChI is InChI=1S/C6H14F3NO2S/c1-6(12-3,13(7,8)9)10-4-5-11-2/h10H,4-5H2,1-3H3. The van der Waals surface area contributed by atoms with Crippen molar-refractivity contribution < 1.29 is 21.1 Å². The minimum absolute atomic E-state index is 0.105. The molecule has 0 saturated heterocycles. The summed E-state index contributed by atoms with van der Waals surface area (Å²) in [5.41, 5.74) is 0. The Labute approximate surface area is 77.8 Å². The van der Waals surface area contributed by atoms with Crippen LogP contribution in [0.2, 0.25) is 0 Å². The van der Waals surface area contributed by atoms with Crippen LogP contribution in [0.4, 0.5) is 11.7 Å². The quantitative estimate of drug-likeness (QED) is 0.549. The Kier molecular flexibility index (Phi) is 5.05. The van der Waals surface area contributed by atoms with Crippen molar-refractivity contribution in [3.63, 3.8) is 0 Å². The Morgan fingerprint density at radius 2 is 1.85 bits per heavy atom. The predicted molar refractivity (Wildman–Crippen MR) is 46.2 cm³/mol. The first-order chi connectivity index (χ1) is 5.87. The van der Waals surface area contributed by atoms with E-state index in [1.165, 1.54) is 7.11 Å². The van der Waals surface area contributed by atoms with Crippen molar-refractivity contribution in [1.82, 2.24) is 5.32 Å². The monoisotopic (exact) mass is 221 g/mol. The molecule has 0 aromatic carbocycles. The van der Waals surface area contributed by atoms with Gasteiger partial charge in [0.2, 0.25) is 5.06 Å². The molecule has 0 amide bonds. The molecule has 0 saturated carbocycles. The van der Waals surface area contributed by atoms with Gasteiger partial charge in [0.1, 0.15) is 0 Å². The molecule has 0 heterocycles. The molecule has 0 aromatic heterocycles. The molecule has 1 N–H and O–H groups in total. The Hall–Kier alpha value is 0.0200. The van der Waals surface area contributed by atoms with E-state index in [4.69, 9.17) is 0 Å². The number of nitrogens with one attached hydrogen (secondary N) is 1. The Balaban J connectivity index is 4.13. The van der Waals surface area contributed by atoms with Gasteiger partial charge in [-0.2, -0.15) is 0 Å². The highest BCUT2D eigenvalue weighted by Gasteiger charge is 2.46. The number of methoxy groups -OCH3 is 2. The lowest BCUT2D eigenvalue weighted by Gasteiger charge is -2.33. The molecular formula is C6H14F3NO2S. The van der Waals surface area contributed by atoms with Gasteiger partial charge in [0.15, 0.2) is 0 Å². The maximum absolute atomic E-state index is 12.4. The molecule has 0 rings (SSSR count). The van der Waals surface area contributed by atoms with Gasteiger partial charge in [0.05, 0.1) is 6.61 Å². The summed E-state index contributed by atoms with van der Waals surface area (Å²) in [4.78, 5) is 0. The smallest absolute Gasteiger partial charge is 0.252 e. The third-order valence-corrected chi connectivity index (χ3v) is 2.78. The maximum Gasteiger partial charge on any atom is 0.252 e. The summed E-state index contributed by atoms with van der Waals surface area (Å²) < 4.78 is 46.2. The molecule has 0 aliphatic rings. The van der Waals surface area contributed by atoms with Gasteiger partial charge in [-0.05, 0) is 6.92 Å². The van der Waals surface area contributed by atoms with E-state index in [0.717, 1.165) is 14.0 Å². The molecule has 7 heteroatoms. The van der Waals surface area contributed by atoms with E-state index in [-0.39, 0.29) is 13.2 Å². The first-order valence-electron chi connectivity index (χ1n) is 3.58. The van der Waals surface area contributed by atoms with E-state index in [2.05, 4.69) is 14.8 Å². The van der Waals surface area contributed by atoms with Crippen LogP contribution >= 0.6 is 11.2 Å². The minimum atomic E-state index is -5.28. The van der Waals surface area contributed by atoms with E-state index in [0.29, 0.717) is 0 Å². The SMILES string of the molecule is COCCNC(C)(OC)S(F)(F)F. The summed E-state index contributed by atoms with van der Waals surface area (Å²) in [5, 5.41) is 0.0347. The molecule has 82 valence electrons. The fraction of sp³-hybridized carbons (Fsp3) is 1.00. The predicted octanol–water partition coefficient (Wildman–Crippen LogP) is 2.00. The second-order valence-corrected chi connectivity index (χ2v) is 4.07. The molecule has 0 spiro atoms. The van der Waals surface area contributed by atoms with Gasteiger partial charge < -0.3 is 9.47 Å². The van der Waals surface area contributed by atoms with Crippen LogP contribution < -0.4 is 5.32 Å². The molecule has 0 radical (unpaired) electrons. The van der Waals surface area contributed by atoms with Crippen LogP contribution in [0.5, 0.6) is 0 Å². The number of hydrogen-bond acceptors (Lipinski definition) is 3. The van der Waals surface area contributed by atoms with Crippen LogP contribution in [0, 0.1) is 0 Å². The van der Waals surface area contributed by atoms with Gasteiger partial charge in [-0.3, -0.25) is 5.32 Å². The number of hydrogen-bond donors (Lipinski definition) is 1. The van der Waals surface area contributed by atoms with E-state index in [1.807, 2.05) is 0 Å². The molecule has 0 aliphatic heterocycles. The zero-order valence-corrected chi connectivity index (χ0v) is 8.59. The van der Waals surface area contributed by atoms with Crippen LogP contribution in [0.15, 0.2) is 0 Å². The van der Waals surface area contributed by atoms with Crippen LogP contribution in [-0.2, 0) is 9.47 Å². The third-order valence-electron chi connectivity index (χ3n) is 1.58. The van der Waals surface area contributed by atoms with Crippen molar-refractivity contribution in [3.8, 4) is 0 Å². The van der Waals surface area contributed by atoms with Gasteiger partial charge in [-0.25, -0.2) is 0 Å². The zero-order valence-electron chi connectivity index (χ0n) is 7.77. The van der Waals surface area contributed by atoms with Crippen LogP contribution in [0.25, 0.3) is 0 Å². The molecule has 1 unspecified atom stereocenters. The lowest BCUT2D eigenvalue weighted by Crippen LogP contribution is -2.46. The maximum atomic E-state index is 12.4. The minimum Gasteiger partial charge on any atom is -0.383 e. The molecule has 0 bridgehead atoms. The first-order valence-corrected chi connectivity index (χ1v) is 4.91. The lowest BCUT2D eigenvalue weighted by molar-refractivity contribution is 0.0350. The number of ether oxygens (including phenoxy) is 2. The van der Waals surface area contributed by atoms with Crippen LogP contribution in [-0.4, -0.2) is 32.4 Å². The van der Waals surface area contributed by atoms with Gasteiger partial charge in [0, 0.05) is 20.8 Å². The average molecular weight is 221 g/mol. The fourth-order valence-electron chi connectivity index (χ4n) is 0.629. The average Bonchev–Trinajstić information content (AvgIpc) is 2.02. The van der Waals surface area contributed by atoms with Crippen LogP contribution in [0.3, 0.4) is 0 Å². The molecule has 3 nitrogen and oxygen atoms in total. The third kappa shape index (κ3) is 3.72. The highest BCUT2D eigenvalue weighted by molar-refractivity contribution is 8.21. The van der Waals surface area contributed by atoms with Crippen molar-refractivity contribution in [2.24, 2.45) is 0 Å². The largest absolute Gasteiger partial charge is 0.383 e. The Morgan fingerprint density at radius 3 is 2.15 bits per heavy atom. The molecule has 0 aromatic rings. The topological polar surface area (TPSA) is 30.5 Å². The van der Waals surface area contributed by atoms with Gasteiger partial charge in [0.25, 0.3) is 11.2 Å². The van der Waals surface area contributed by atoms with Crippen molar-refractivity contribution in [3.05, 3.63) is 0 Å². The first kappa shape index (κ1) is 13.0. The summed E-state index contributed by atoms with van der Waals surface area (Å²) in [7, 11) is 2.45.